The van der Waals surface area contributed by atoms with E-state index in [4.69, 9.17) is 11.6 Å². The molecule has 1 fully saturated rings. The third-order valence-corrected chi connectivity index (χ3v) is 6.21. The van der Waals surface area contributed by atoms with Gasteiger partial charge < -0.3 is 5.11 Å². The van der Waals surface area contributed by atoms with Gasteiger partial charge in [0.2, 0.25) is 10.8 Å². The van der Waals surface area contributed by atoms with Crippen molar-refractivity contribution in [3.05, 3.63) is 45.6 Å². The van der Waals surface area contributed by atoms with Gasteiger partial charge in [0.05, 0.1) is 10.9 Å². The molecule has 0 bridgehead atoms. The summed E-state index contributed by atoms with van der Waals surface area (Å²) in [6.45, 7) is 6.14. The van der Waals surface area contributed by atoms with Crippen LogP contribution in [0.25, 0.3) is 4.96 Å². The third kappa shape index (κ3) is 3.14. The molecular weight excluding hydrogens is 356 g/mol. The molecule has 0 radical (unpaired) electrons. The zero-order chi connectivity index (χ0) is 17.6. The van der Waals surface area contributed by atoms with Crippen molar-refractivity contribution in [2.24, 2.45) is 5.92 Å². The summed E-state index contributed by atoms with van der Waals surface area (Å²) in [4.78, 5) is 8.45. The average molecular weight is 377 g/mol. The zero-order valence-corrected chi connectivity index (χ0v) is 15.9. The van der Waals surface area contributed by atoms with Crippen molar-refractivity contribution < 1.29 is 5.11 Å². The van der Waals surface area contributed by atoms with Crippen LogP contribution in [0.4, 0.5) is 0 Å². The topological polar surface area (TPSA) is 53.7 Å². The van der Waals surface area contributed by atoms with E-state index >= 15 is 0 Å². The normalized spacial score (nSPS) is 18.0. The number of thiazole rings is 1. The number of fused-ring (bicyclic) bond motifs is 1. The number of aryl methyl sites for hydroxylation is 1. The quantitative estimate of drug-likeness (QED) is 0.741. The Bertz CT molecular complexity index is 898. The van der Waals surface area contributed by atoms with Gasteiger partial charge >= 0.3 is 0 Å². The van der Waals surface area contributed by atoms with Gasteiger partial charge in [-0.1, -0.05) is 42.0 Å². The number of piperidine rings is 1. The Hall–Kier alpha value is -1.63. The molecule has 0 unspecified atom stereocenters. The second-order valence-corrected chi connectivity index (χ2v) is 8.26. The Morgan fingerprint density at radius 1 is 1.32 bits per heavy atom. The maximum absolute atomic E-state index is 10.8. The van der Waals surface area contributed by atoms with Crippen LogP contribution in [0.15, 0.2) is 24.3 Å². The number of nitrogens with zero attached hydrogens (tertiary/aromatic N) is 4. The number of hydrogen-bond acceptors (Lipinski definition) is 5. The summed E-state index contributed by atoms with van der Waals surface area (Å²) in [6, 6.07) is 7.89. The lowest BCUT2D eigenvalue weighted by molar-refractivity contribution is 0.157. The highest BCUT2D eigenvalue weighted by atomic mass is 35.5. The summed E-state index contributed by atoms with van der Waals surface area (Å²) in [7, 11) is 0. The fraction of sp³-hybridized carbons (Fsp3) is 0.444. The van der Waals surface area contributed by atoms with E-state index in [9.17, 15) is 5.11 Å². The van der Waals surface area contributed by atoms with E-state index in [0.29, 0.717) is 10.8 Å². The van der Waals surface area contributed by atoms with E-state index in [0.717, 1.165) is 47.3 Å². The Morgan fingerprint density at radius 2 is 2.08 bits per heavy atom. The van der Waals surface area contributed by atoms with Crippen LogP contribution in [0.1, 0.15) is 42.1 Å². The van der Waals surface area contributed by atoms with Crippen molar-refractivity contribution in [2.75, 3.05) is 13.1 Å². The lowest BCUT2D eigenvalue weighted by Crippen LogP contribution is -2.36. The van der Waals surface area contributed by atoms with Gasteiger partial charge in [-0.15, -0.1) is 5.10 Å². The first-order chi connectivity index (χ1) is 12.0. The molecule has 1 aliphatic heterocycles. The standard InChI is InChI=1S/C18H21ClN4OS/c1-11-6-8-22(9-7-11)15(13-4-3-5-14(19)10-13)16-17(24)23-18(25-16)20-12(2)21-23/h3-5,10-11,15,24H,6-9H2,1-2H3/t15-/m1/s1. The molecule has 0 spiro atoms. The summed E-state index contributed by atoms with van der Waals surface area (Å²) in [5.74, 6) is 1.60. The van der Waals surface area contributed by atoms with Crippen LogP contribution in [-0.4, -0.2) is 37.7 Å². The Morgan fingerprint density at radius 3 is 2.76 bits per heavy atom. The van der Waals surface area contributed by atoms with Crippen LogP contribution in [0, 0.1) is 12.8 Å². The van der Waals surface area contributed by atoms with Crippen LogP contribution in [-0.2, 0) is 0 Å². The number of aromatic nitrogens is 3. The van der Waals surface area contributed by atoms with E-state index in [2.05, 4.69) is 28.0 Å². The molecule has 7 heteroatoms. The molecule has 3 heterocycles. The third-order valence-electron chi connectivity index (χ3n) is 4.90. The fourth-order valence-corrected chi connectivity index (χ4v) is 4.88. The first kappa shape index (κ1) is 16.8. The minimum absolute atomic E-state index is 0.0278. The van der Waals surface area contributed by atoms with Gasteiger partial charge in [-0.05, 0) is 56.5 Å². The number of hydrogen-bond donors (Lipinski definition) is 1. The second-order valence-electron chi connectivity index (χ2n) is 6.82. The van der Waals surface area contributed by atoms with Gasteiger partial charge in [0.15, 0.2) is 0 Å². The van der Waals surface area contributed by atoms with E-state index in [1.54, 1.807) is 4.52 Å². The first-order valence-corrected chi connectivity index (χ1v) is 9.77. The molecule has 1 aliphatic rings. The van der Waals surface area contributed by atoms with Crippen molar-refractivity contribution in [1.29, 1.82) is 0 Å². The van der Waals surface area contributed by atoms with Crippen molar-refractivity contribution >= 4 is 27.9 Å². The molecule has 4 rings (SSSR count). The van der Waals surface area contributed by atoms with Gasteiger partial charge in [-0.3, -0.25) is 4.90 Å². The zero-order valence-electron chi connectivity index (χ0n) is 14.3. The van der Waals surface area contributed by atoms with Gasteiger partial charge in [-0.2, -0.15) is 4.52 Å². The van der Waals surface area contributed by atoms with Crippen LogP contribution < -0.4 is 0 Å². The molecule has 132 valence electrons. The summed E-state index contributed by atoms with van der Waals surface area (Å²) in [5.41, 5.74) is 1.10. The van der Waals surface area contributed by atoms with Crippen molar-refractivity contribution in [3.63, 3.8) is 0 Å². The van der Waals surface area contributed by atoms with Crippen LogP contribution >= 0.6 is 22.9 Å². The molecule has 0 aliphatic carbocycles. The van der Waals surface area contributed by atoms with E-state index in [1.165, 1.54) is 11.3 Å². The fourth-order valence-electron chi connectivity index (χ4n) is 3.52. The van der Waals surface area contributed by atoms with Crippen LogP contribution in [0.5, 0.6) is 5.88 Å². The van der Waals surface area contributed by atoms with Crippen molar-refractivity contribution in [3.8, 4) is 5.88 Å². The maximum atomic E-state index is 10.8. The first-order valence-electron chi connectivity index (χ1n) is 8.57. The number of halogens is 1. The SMILES string of the molecule is Cc1nc2sc([C@@H](c3cccc(Cl)c3)N3CCC(C)CC3)c(O)n2n1. The summed E-state index contributed by atoms with van der Waals surface area (Å²) < 4.78 is 1.54. The summed E-state index contributed by atoms with van der Waals surface area (Å²) >= 11 is 7.75. The lowest BCUT2D eigenvalue weighted by atomic mass is 9.95. The number of likely N-dealkylation sites (tertiary alicyclic amines) is 1. The predicted octanol–water partition coefficient (Wildman–Crippen LogP) is 4.28. The highest BCUT2D eigenvalue weighted by Gasteiger charge is 2.31. The van der Waals surface area contributed by atoms with E-state index in [-0.39, 0.29) is 11.9 Å². The Labute approximate surface area is 155 Å². The summed E-state index contributed by atoms with van der Waals surface area (Å²) in [6.07, 6.45) is 2.33. The molecule has 5 nitrogen and oxygen atoms in total. The van der Waals surface area contributed by atoms with Gasteiger partial charge in [0.25, 0.3) is 0 Å². The molecule has 2 aromatic heterocycles. The van der Waals surface area contributed by atoms with Crippen LogP contribution in [0.2, 0.25) is 5.02 Å². The molecule has 3 aromatic rings. The molecule has 25 heavy (non-hydrogen) atoms. The number of rotatable bonds is 3. The molecule has 1 atom stereocenters. The molecule has 0 saturated carbocycles. The number of benzene rings is 1. The lowest BCUT2D eigenvalue weighted by Gasteiger charge is -2.36. The smallest absolute Gasteiger partial charge is 0.230 e. The molecule has 1 saturated heterocycles. The Kier molecular flexibility index (Phi) is 4.43. The predicted molar refractivity (Wildman–Crippen MR) is 101 cm³/mol. The minimum atomic E-state index is -0.0278. The average Bonchev–Trinajstić information content (AvgIpc) is 3.08. The second kappa shape index (κ2) is 6.59. The summed E-state index contributed by atoms with van der Waals surface area (Å²) in [5, 5.41) is 15.8. The van der Waals surface area contributed by atoms with Crippen molar-refractivity contribution in [1.82, 2.24) is 19.5 Å². The monoisotopic (exact) mass is 376 g/mol. The highest BCUT2D eigenvalue weighted by molar-refractivity contribution is 7.17. The van der Waals surface area contributed by atoms with Gasteiger partial charge in [-0.25, -0.2) is 4.98 Å². The van der Waals surface area contributed by atoms with Gasteiger partial charge in [0.1, 0.15) is 5.82 Å². The number of aromatic hydroxyl groups is 1. The van der Waals surface area contributed by atoms with E-state index in [1.807, 2.05) is 25.1 Å². The Balaban J connectivity index is 1.81. The molecular formula is C18H21ClN4OS. The highest BCUT2D eigenvalue weighted by Crippen LogP contribution is 2.41. The van der Waals surface area contributed by atoms with Crippen molar-refractivity contribution in [2.45, 2.75) is 32.7 Å². The van der Waals surface area contributed by atoms with Gasteiger partial charge in [0, 0.05) is 5.02 Å². The molecule has 1 N–H and O–H groups in total. The minimum Gasteiger partial charge on any atom is -0.492 e. The van der Waals surface area contributed by atoms with E-state index < -0.39 is 0 Å². The largest absolute Gasteiger partial charge is 0.492 e. The van der Waals surface area contributed by atoms with Crippen LogP contribution in [0.3, 0.4) is 0 Å². The maximum Gasteiger partial charge on any atom is 0.230 e. The molecule has 1 aromatic carbocycles. The molecule has 0 amide bonds.